The summed E-state index contributed by atoms with van der Waals surface area (Å²) in [4.78, 5) is 2.51. The first-order chi connectivity index (χ1) is 8.74. The van der Waals surface area contributed by atoms with E-state index >= 15 is 0 Å². The van der Waals surface area contributed by atoms with Crippen molar-refractivity contribution in [3.8, 4) is 0 Å². The molecule has 2 aliphatic rings. The Morgan fingerprint density at radius 3 is 2.33 bits per heavy atom. The Hall–Kier alpha value is -0.960. The minimum atomic E-state index is -0.748. The molecule has 1 aliphatic carbocycles. The number of nitrogens with zero attached hydrogens (tertiary/aromatic N) is 1. The topological polar surface area (TPSA) is 3.24 Å². The summed E-state index contributed by atoms with van der Waals surface area (Å²) in [6.45, 7) is 2.02. The van der Waals surface area contributed by atoms with Crippen LogP contribution < -0.4 is 0 Å². The SMILES string of the molecule is Fc1ccc(C2CN(C3CCCCC3)C2)cc1F. The van der Waals surface area contributed by atoms with Crippen LogP contribution in [-0.2, 0) is 0 Å². The minimum Gasteiger partial charge on any atom is -0.299 e. The second-order valence-electron chi connectivity index (χ2n) is 5.62. The monoisotopic (exact) mass is 251 g/mol. The van der Waals surface area contributed by atoms with Crippen molar-refractivity contribution < 1.29 is 8.78 Å². The van der Waals surface area contributed by atoms with E-state index in [1.165, 1.54) is 44.2 Å². The maximum atomic E-state index is 13.2. The van der Waals surface area contributed by atoms with Crippen molar-refractivity contribution in [1.29, 1.82) is 0 Å². The van der Waals surface area contributed by atoms with Crippen LogP contribution in [-0.4, -0.2) is 24.0 Å². The van der Waals surface area contributed by atoms with Crippen LogP contribution in [0.3, 0.4) is 0 Å². The minimum absolute atomic E-state index is 0.391. The molecule has 1 aromatic carbocycles. The molecule has 1 saturated heterocycles. The van der Waals surface area contributed by atoms with E-state index in [0.29, 0.717) is 5.92 Å². The van der Waals surface area contributed by atoms with Gasteiger partial charge in [0.1, 0.15) is 0 Å². The van der Waals surface area contributed by atoms with Crippen molar-refractivity contribution in [3.63, 3.8) is 0 Å². The Kier molecular flexibility index (Phi) is 3.33. The van der Waals surface area contributed by atoms with Crippen molar-refractivity contribution in [2.24, 2.45) is 0 Å². The fraction of sp³-hybridized carbons (Fsp3) is 0.600. The van der Waals surface area contributed by atoms with Crippen molar-refractivity contribution >= 4 is 0 Å². The van der Waals surface area contributed by atoms with Gasteiger partial charge < -0.3 is 0 Å². The second-order valence-corrected chi connectivity index (χ2v) is 5.62. The standard InChI is InChI=1S/C15H19F2N/c16-14-7-6-11(8-15(14)17)12-9-18(10-12)13-4-2-1-3-5-13/h6-8,12-13H,1-5,9-10H2. The highest BCUT2D eigenvalue weighted by atomic mass is 19.2. The summed E-state index contributed by atoms with van der Waals surface area (Å²) in [7, 11) is 0. The zero-order valence-electron chi connectivity index (χ0n) is 10.5. The summed E-state index contributed by atoms with van der Waals surface area (Å²) in [6, 6.07) is 5.06. The van der Waals surface area contributed by atoms with Gasteiger partial charge in [-0.25, -0.2) is 8.78 Å². The fourth-order valence-electron chi connectivity index (χ4n) is 3.23. The summed E-state index contributed by atoms with van der Waals surface area (Å²) < 4.78 is 26.0. The number of benzene rings is 1. The second kappa shape index (κ2) is 4.96. The lowest BCUT2D eigenvalue weighted by atomic mass is 9.86. The van der Waals surface area contributed by atoms with E-state index in [2.05, 4.69) is 4.90 Å². The van der Waals surface area contributed by atoms with Crippen LogP contribution in [0.15, 0.2) is 18.2 Å². The summed E-state index contributed by atoms with van der Waals surface area (Å²) >= 11 is 0. The number of likely N-dealkylation sites (tertiary alicyclic amines) is 1. The van der Waals surface area contributed by atoms with E-state index < -0.39 is 11.6 Å². The molecule has 0 radical (unpaired) electrons. The predicted molar refractivity (Wildman–Crippen MR) is 67.5 cm³/mol. The van der Waals surface area contributed by atoms with E-state index in [0.717, 1.165) is 24.7 Å². The smallest absolute Gasteiger partial charge is 0.159 e. The molecule has 0 amide bonds. The third kappa shape index (κ3) is 2.28. The highest BCUT2D eigenvalue weighted by Crippen LogP contribution is 2.33. The first-order valence-electron chi connectivity index (χ1n) is 6.93. The third-order valence-electron chi connectivity index (χ3n) is 4.42. The third-order valence-corrected chi connectivity index (χ3v) is 4.42. The largest absolute Gasteiger partial charge is 0.299 e. The van der Waals surface area contributed by atoms with E-state index in [1.807, 2.05) is 0 Å². The summed E-state index contributed by atoms with van der Waals surface area (Å²) in [6.07, 6.45) is 6.68. The molecule has 3 heteroatoms. The van der Waals surface area contributed by atoms with Gasteiger partial charge in [0.2, 0.25) is 0 Å². The lowest BCUT2D eigenvalue weighted by molar-refractivity contribution is 0.0689. The zero-order valence-corrected chi connectivity index (χ0v) is 10.5. The maximum absolute atomic E-state index is 13.2. The van der Waals surface area contributed by atoms with Crippen LogP contribution in [0.25, 0.3) is 0 Å². The molecule has 1 nitrogen and oxygen atoms in total. The highest BCUT2D eigenvalue weighted by Gasteiger charge is 2.33. The maximum Gasteiger partial charge on any atom is 0.159 e. The van der Waals surface area contributed by atoms with Crippen LogP contribution in [0.1, 0.15) is 43.6 Å². The van der Waals surface area contributed by atoms with Gasteiger partial charge in [-0.15, -0.1) is 0 Å². The Morgan fingerprint density at radius 1 is 0.944 bits per heavy atom. The first kappa shape index (κ1) is 12.1. The number of halogens is 2. The van der Waals surface area contributed by atoms with Gasteiger partial charge in [-0.3, -0.25) is 4.90 Å². The predicted octanol–water partition coefficient (Wildman–Crippen LogP) is 3.70. The van der Waals surface area contributed by atoms with E-state index in [1.54, 1.807) is 6.07 Å². The molecule has 1 heterocycles. The van der Waals surface area contributed by atoms with Crippen LogP contribution in [0.5, 0.6) is 0 Å². The molecule has 0 spiro atoms. The molecule has 1 aromatic rings. The fourth-order valence-corrected chi connectivity index (χ4v) is 3.23. The molecule has 0 bridgehead atoms. The normalized spacial score (nSPS) is 23.0. The van der Waals surface area contributed by atoms with Crippen molar-refractivity contribution in [2.75, 3.05) is 13.1 Å². The molecule has 0 atom stereocenters. The van der Waals surface area contributed by atoms with Crippen LogP contribution in [0, 0.1) is 11.6 Å². The molecule has 98 valence electrons. The van der Waals surface area contributed by atoms with E-state index in [-0.39, 0.29) is 0 Å². The zero-order chi connectivity index (χ0) is 12.5. The Morgan fingerprint density at radius 2 is 1.67 bits per heavy atom. The lowest BCUT2D eigenvalue weighted by Gasteiger charge is -2.46. The molecule has 2 fully saturated rings. The molecule has 1 aliphatic heterocycles. The molecule has 3 rings (SSSR count). The number of hydrogen-bond acceptors (Lipinski definition) is 1. The first-order valence-corrected chi connectivity index (χ1v) is 6.93. The molecule has 0 N–H and O–H groups in total. The van der Waals surface area contributed by atoms with Gasteiger partial charge in [-0.2, -0.15) is 0 Å². The Balaban J connectivity index is 1.59. The lowest BCUT2D eigenvalue weighted by Crippen LogP contribution is -2.51. The van der Waals surface area contributed by atoms with Gasteiger partial charge in [0, 0.05) is 25.0 Å². The van der Waals surface area contributed by atoms with Gasteiger partial charge in [-0.1, -0.05) is 25.3 Å². The number of hydrogen-bond donors (Lipinski definition) is 0. The van der Waals surface area contributed by atoms with Gasteiger partial charge >= 0.3 is 0 Å². The van der Waals surface area contributed by atoms with Crippen molar-refractivity contribution in [1.82, 2.24) is 4.90 Å². The van der Waals surface area contributed by atoms with Gasteiger partial charge in [0.05, 0.1) is 0 Å². The van der Waals surface area contributed by atoms with Crippen molar-refractivity contribution in [2.45, 2.75) is 44.1 Å². The quantitative estimate of drug-likeness (QED) is 0.774. The van der Waals surface area contributed by atoms with E-state index in [4.69, 9.17) is 0 Å². The average molecular weight is 251 g/mol. The highest BCUT2D eigenvalue weighted by molar-refractivity contribution is 5.24. The summed E-state index contributed by atoms with van der Waals surface area (Å²) in [5.41, 5.74) is 0.945. The molecule has 18 heavy (non-hydrogen) atoms. The number of rotatable bonds is 2. The van der Waals surface area contributed by atoms with Crippen LogP contribution in [0.4, 0.5) is 8.78 Å². The van der Waals surface area contributed by atoms with Gasteiger partial charge in [0.15, 0.2) is 11.6 Å². The molecule has 0 unspecified atom stereocenters. The molecular weight excluding hydrogens is 232 g/mol. The molecule has 1 saturated carbocycles. The summed E-state index contributed by atoms with van der Waals surface area (Å²) in [5, 5.41) is 0. The van der Waals surface area contributed by atoms with E-state index in [9.17, 15) is 8.78 Å². The average Bonchev–Trinajstić information content (AvgIpc) is 2.33. The van der Waals surface area contributed by atoms with Crippen LogP contribution >= 0.6 is 0 Å². The summed E-state index contributed by atoms with van der Waals surface area (Å²) in [5.74, 6) is -1.08. The molecular formula is C15H19F2N. The van der Waals surface area contributed by atoms with Crippen LogP contribution in [0.2, 0.25) is 0 Å². The Labute approximate surface area is 107 Å². The Bertz CT molecular complexity index is 421. The molecule has 0 aromatic heterocycles. The van der Waals surface area contributed by atoms with Gasteiger partial charge in [-0.05, 0) is 30.5 Å². The van der Waals surface area contributed by atoms with Crippen molar-refractivity contribution in [3.05, 3.63) is 35.4 Å². The van der Waals surface area contributed by atoms with Gasteiger partial charge in [0.25, 0.3) is 0 Å².